The molecule has 2 aromatic heterocycles. The SMILES string of the molecule is OCCCc1nc2ccccc2n1-c1nccs1. The zero-order valence-electron chi connectivity index (χ0n) is 9.78. The molecular formula is C13H13N3OS. The summed E-state index contributed by atoms with van der Waals surface area (Å²) in [6, 6.07) is 8.04. The molecule has 5 heteroatoms. The number of aliphatic hydroxyl groups excluding tert-OH is 1. The lowest BCUT2D eigenvalue weighted by Gasteiger charge is -2.04. The fourth-order valence-corrected chi connectivity index (χ4v) is 2.69. The Bertz CT molecular complexity index is 645. The molecule has 0 unspecified atom stereocenters. The van der Waals surface area contributed by atoms with E-state index in [0.29, 0.717) is 6.42 Å². The Labute approximate surface area is 109 Å². The van der Waals surface area contributed by atoms with Crippen molar-refractivity contribution in [2.24, 2.45) is 0 Å². The van der Waals surface area contributed by atoms with Gasteiger partial charge in [-0.25, -0.2) is 9.97 Å². The van der Waals surface area contributed by atoms with Crippen LogP contribution in [0.4, 0.5) is 0 Å². The Kier molecular flexibility index (Phi) is 3.08. The van der Waals surface area contributed by atoms with Crippen molar-refractivity contribution in [3.63, 3.8) is 0 Å². The number of aryl methyl sites for hydroxylation is 1. The molecule has 1 N–H and O–H groups in total. The largest absolute Gasteiger partial charge is 0.396 e. The van der Waals surface area contributed by atoms with Gasteiger partial charge in [-0.15, -0.1) is 11.3 Å². The molecule has 1 aromatic carbocycles. The van der Waals surface area contributed by atoms with Gasteiger partial charge in [0.1, 0.15) is 5.82 Å². The summed E-state index contributed by atoms with van der Waals surface area (Å²) in [4.78, 5) is 8.98. The van der Waals surface area contributed by atoms with Crippen LogP contribution < -0.4 is 0 Å². The maximum absolute atomic E-state index is 8.97. The minimum absolute atomic E-state index is 0.182. The van der Waals surface area contributed by atoms with Crippen molar-refractivity contribution in [1.82, 2.24) is 14.5 Å². The van der Waals surface area contributed by atoms with Crippen LogP contribution in [0.25, 0.3) is 16.2 Å². The average Bonchev–Trinajstić information content (AvgIpc) is 3.02. The summed E-state index contributed by atoms with van der Waals surface area (Å²) < 4.78 is 2.08. The Balaban J connectivity index is 2.18. The van der Waals surface area contributed by atoms with E-state index in [-0.39, 0.29) is 6.61 Å². The van der Waals surface area contributed by atoms with Gasteiger partial charge in [0.2, 0.25) is 0 Å². The third-order valence-corrected chi connectivity index (χ3v) is 3.56. The first-order valence-corrected chi connectivity index (χ1v) is 6.75. The third kappa shape index (κ3) is 1.91. The van der Waals surface area contributed by atoms with Crippen LogP contribution in [0.2, 0.25) is 0 Å². The van der Waals surface area contributed by atoms with Crippen LogP contribution in [0.3, 0.4) is 0 Å². The lowest BCUT2D eigenvalue weighted by Crippen LogP contribution is -2.02. The van der Waals surface area contributed by atoms with E-state index in [9.17, 15) is 0 Å². The lowest BCUT2D eigenvalue weighted by molar-refractivity contribution is 0.287. The number of thiazole rings is 1. The molecule has 0 saturated heterocycles. The fraction of sp³-hybridized carbons (Fsp3) is 0.231. The highest BCUT2D eigenvalue weighted by molar-refractivity contribution is 7.12. The number of fused-ring (bicyclic) bond motifs is 1. The van der Waals surface area contributed by atoms with Gasteiger partial charge in [0, 0.05) is 24.6 Å². The molecule has 0 bridgehead atoms. The van der Waals surface area contributed by atoms with Gasteiger partial charge >= 0.3 is 0 Å². The van der Waals surface area contributed by atoms with Crippen LogP contribution in [-0.2, 0) is 6.42 Å². The molecule has 3 aromatic rings. The monoisotopic (exact) mass is 259 g/mol. The standard InChI is InChI=1S/C13H13N3OS/c17-8-3-6-12-15-10-4-1-2-5-11(10)16(12)13-14-7-9-18-13/h1-2,4-5,7,9,17H,3,6,8H2. The van der Waals surface area contributed by atoms with Gasteiger partial charge in [0.25, 0.3) is 0 Å². The molecule has 0 aliphatic carbocycles. The van der Waals surface area contributed by atoms with Crippen molar-refractivity contribution < 1.29 is 5.11 Å². The summed E-state index contributed by atoms with van der Waals surface area (Å²) in [5.41, 5.74) is 2.04. The van der Waals surface area contributed by atoms with Crippen molar-refractivity contribution in [1.29, 1.82) is 0 Å². The normalized spacial score (nSPS) is 11.2. The second-order valence-electron chi connectivity index (χ2n) is 3.99. The zero-order valence-corrected chi connectivity index (χ0v) is 10.6. The molecule has 0 spiro atoms. The molecule has 3 rings (SSSR count). The maximum atomic E-state index is 8.97. The molecule has 0 amide bonds. The Morgan fingerprint density at radius 2 is 2.17 bits per heavy atom. The number of rotatable bonds is 4. The number of hydrogen-bond donors (Lipinski definition) is 1. The van der Waals surface area contributed by atoms with Crippen molar-refractivity contribution in [3.05, 3.63) is 41.7 Å². The number of imidazole rings is 1. The van der Waals surface area contributed by atoms with Gasteiger partial charge in [-0.05, 0) is 18.6 Å². The van der Waals surface area contributed by atoms with E-state index < -0.39 is 0 Å². The number of benzene rings is 1. The number of aromatic nitrogens is 3. The number of aliphatic hydroxyl groups is 1. The lowest BCUT2D eigenvalue weighted by atomic mass is 10.3. The summed E-state index contributed by atoms with van der Waals surface area (Å²) in [6.45, 7) is 0.182. The molecule has 2 heterocycles. The van der Waals surface area contributed by atoms with Crippen molar-refractivity contribution in [3.8, 4) is 5.13 Å². The molecule has 18 heavy (non-hydrogen) atoms. The highest BCUT2D eigenvalue weighted by Gasteiger charge is 2.13. The van der Waals surface area contributed by atoms with Gasteiger partial charge < -0.3 is 5.11 Å². The number of para-hydroxylation sites is 2. The van der Waals surface area contributed by atoms with Crippen molar-refractivity contribution in [2.45, 2.75) is 12.8 Å². The molecule has 0 aliphatic heterocycles. The fourth-order valence-electron chi connectivity index (χ4n) is 2.02. The highest BCUT2D eigenvalue weighted by atomic mass is 32.1. The van der Waals surface area contributed by atoms with E-state index in [2.05, 4.69) is 14.5 Å². The molecule has 0 saturated carbocycles. The van der Waals surface area contributed by atoms with Gasteiger partial charge in [-0.3, -0.25) is 4.57 Å². The van der Waals surface area contributed by atoms with Gasteiger partial charge in [-0.1, -0.05) is 12.1 Å². The van der Waals surface area contributed by atoms with Gasteiger partial charge in [0.15, 0.2) is 5.13 Å². The molecule has 0 radical (unpaired) electrons. The summed E-state index contributed by atoms with van der Waals surface area (Å²) >= 11 is 1.59. The molecule has 0 aliphatic rings. The Morgan fingerprint density at radius 3 is 2.94 bits per heavy atom. The van der Waals surface area contributed by atoms with E-state index in [1.165, 1.54) is 0 Å². The Morgan fingerprint density at radius 1 is 1.28 bits per heavy atom. The molecular weight excluding hydrogens is 246 g/mol. The third-order valence-electron chi connectivity index (χ3n) is 2.80. The quantitative estimate of drug-likeness (QED) is 0.782. The summed E-state index contributed by atoms with van der Waals surface area (Å²) in [5, 5.41) is 11.9. The predicted molar refractivity (Wildman–Crippen MR) is 72.1 cm³/mol. The minimum Gasteiger partial charge on any atom is -0.396 e. The first kappa shape index (κ1) is 11.4. The molecule has 0 atom stereocenters. The predicted octanol–water partition coefficient (Wildman–Crippen LogP) is 2.41. The summed E-state index contributed by atoms with van der Waals surface area (Å²) in [5.74, 6) is 0.959. The van der Waals surface area contributed by atoms with E-state index in [1.807, 2.05) is 29.6 Å². The first-order valence-electron chi connectivity index (χ1n) is 5.87. The van der Waals surface area contributed by atoms with Gasteiger partial charge in [-0.2, -0.15) is 0 Å². The van der Waals surface area contributed by atoms with Crippen LogP contribution in [-0.4, -0.2) is 26.2 Å². The zero-order chi connectivity index (χ0) is 12.4. The first-order chi connectivity index (χ1) is 8.90. The number of nitrogens with zero attached hydrogens (tertiary/aromatic N) is 3. The van der Waals surface area contributed by atoms with Crippen molar-refractivity contribution >= 4 is 22.4 Å². The second-order valence-corrected chi connectivity index (χ2v) is 4.87. The molecule has 0 fully saturated rings. The average molecular weight is 259 g/mol. The Hall–Kier alpha value is -1.72. The summed E-state index contributed by atoms with van der Waals surface area (Å²) in [7, 11) is 0. The topological polar surface area (TPSA) is 50.9 Å². The van der Waals surface area contributed by atoms with Crippen LogP contribution in [0, 0.1) is 0 Å². The van der Waals surface area contributed by atoms with Crippen molar-refractivity contribution in [2.75, 3.05) is 6.61 Å². The minimum atomic E-state index is 0.182. The van der Waals surface area contributed by atoms with E-state index in [4.69, 9.17) is 5.11 Å². The van der Waals surface area contributed by atoms with E-state index in [0.717, 1.165) is 28.4 Å². The smallest absolute Gasteiger partial charge is 0.195 e. The van der Waals surface area contributed by atoms with Crippen LogP contribution in [0.1, 0.15) is 12.2 Å². The summed E-state index contributed by atoms with van der Waals surface area (Å²) in [6.07, 6.45) is 3.27. The van der Waals surface area contributed by atoms with Crippen LogP contribution in [0.15, 0.2) is 35.8 Å². The highest BCUT2D eigenvalue weighted by Crippen LogP contribution is 2.23. The van der Waals surface area contributed by atoms with Gasteiger partial charge in [0.05, 0.1) is 11.0 Å². The molecule has 4 nitrogen and oxygen atoms in total. The van der Waals surface area contributed by atoms with Crippen LogP contribution in [0.5, 0.6) is 0 Å². The second kappa shape index (κ2) is 4.88. The molecule has 92 valence electrons. The van der Waals surface area contributed by atoms with Crippen LogP contribution >= 0.6 is 11.3 Å². The van der Waals surface area contributed by atoms with E-state index >= 15 is 0 Å². The maximum Gasteiger partial charge on any atom is 0.195 e. The van der Waals surface area contributed by atoms with E-state index in [1.54, 1.807) is 17.5 Å². The number of hydrogen-bond acceptors (Lipinski definition) is 4.